The second-order valence-corrected chi connectivity index (χ2v) is 6.21. The van der Waals surface area contributed by atoms with Crippen molar-refractivity contribution in [2.75, 3.05) is 25.0 Å². The molecular formula is C15H20BrFN2O2. The summed E-state index contributed by atoms with van der Waals surface area (Å²) >= 11 is 3.01. The minimum absolute atomic E-state index is 0.00868. The van der Waals surface area contributed by atoms with Gasteiger partial charge in [0.2, 0.25) is 0 Å². The Kier molecular flexibility index (Phi) is 5.58. The van der Waals surface area contributed by atoms with Crippen molar-refractivity contribution in [1.29, 1.82) is 0 Å². The van der Waals surface area contributed by atoms with Crippen LogP contribution in [0.15, 0.2) is 16.6 Å². The molecule has 1 saturated heterocycles. The van der Waals surface area contributed by atoms with Gasteiger partial charge in [-0.1, -0.05) is 6.42 Å². The highest BCUT2D eigenvalue weighted by Gasteiger charge is 2.19. The van der Waals surface area contributed by atoms with E-state index in [4.69, 9.17) is 5.11 Å². The third kappa shape index (κ3) is 3.95. The van der Waals surface area contributed by atoms with Gasteiger partial charge in [-0.15, -0.1) is 0 Å². The van der Waals surface area contributed by atoms with Gasteiger partial charge in [0.15, 0.2) is 5.82 Å². The second-order valence-electron chi connectivity index (χ2n) is 5.42. The summed E-state index contributed by atoms with van der Waals surface area (Å²) < 4.78 is 14.1. The zero-order valence-electron chi connectivity index (χ0n) is 12.0. The van der Waals surface area contributed by atoms with E-state index in [1.165, 1.54) is 31.4 Å². The molecule has 0 radical (unpaired) electrons. The summed E-state index contributed by atoms with van der Waals surface area (Å²) in [6, 6.07) is 3.21. The van der Waals surface area contributed by atoms with Crippen molar-refractivity contribution in [3.63, 3.8) is 0 Å². The van der Waals surface area contributed by atoms with E-state index in [1.807, 2.05) is 0 Å². The molecule has 1 heterocycles. The van der Waals surface area contributed by atoms with Crippen LogP contribution in [0.1, 0.15) is 36.5 Å². The van der Waals surface area contributed by atoms with Crippen molar-refractivity contribution in [3.8, 4) is 0 Å². The molecule has 1 aliphatic rings. The van der Waals surface area contributed by atoms with Gasteiger partial charge in [0.1, 0.15) is 0 Å². The third-order valence-electron chi connectivity index (χ3n) is 3.91. The van der Waals surface area contributed by atoms with Crippen LogP contribution in [0, 0.1) is 5.82 Å². The van der Waals surface area contributed by atoms with Gasteiger partial charge >= 0.3 is 5.97 Å². The maximum absolute atomic E-state index is 14.1. The molecule has 0 amide bonds. The van der Waals surface area contributed by atoms with E-state index in [-0.39, 0.29) is 10.0 Å². The third-order valence-corrected chi connectivity index (χ3v) is 4.69. The number of benzene rings is 1. The predicted molar refractivity (Wildman–Crippen MR) is 84.4 cm³/mol. The van der Waals surface area contributed by atoms with E-state index < -0.39 is 11.8 Å². The van der Waals surface area contributed by atoms with E-state index in [1.54, 1.807) is 0 Å². The van der Waals surface area contributed by atoms with Gasteiger partial charge in [-0.25, -0.2) is 9.18 Å². The summed E-state index contributed by atoms with van der Waals surface area (Å²) in [7, 11) is 0. The fourth-order valence-corrected chi connectivity index (χ4v) is 3.11. The van der Waals surface area contributed by atoms with Crippen LogP contribution in [0.25, 0.3) is 0 Å². The number of halogens is 2. The Hall–Kier alpha value is -1.14. The standard InChI is InChI=1S/C15H20BrFN2O2/c1-10(19-7-3-2-4-8-19)9-18-12-6-5-11(15(20)21)13(16)14(12)17/h5-6,10,18H,2-4,7-9H2,1H3,(H,20,21). The van der Waals surface area contributed by atoms with Gasteiger partial charge in [-0.05, 0) is 60.9 Å². The van der Waals surface area contributed by atoms with Crippen molar-refractivity contribution in [2.45, 2.75) is 32.2 Å². The van der Waals surface area contributed by atoms with Gasteiger partial charge < -0.3 is 10.4 Å². The number of piperidine rings is 1. The van der Waals surface area contributed by atoms with Crippen molar-refractivity contribution < 1.29 is 14.3 Å². The maximum atomic E-state index is 14.1. The van der Waals surface area contributed by atoms with Crippen molar-refractivity contribution in [3.05, 3.63) is 28.0 Å². The molecule has 0 saturated carbocycles. The molecular weight excluding hydrogens is 339 g/mol. The molecule has 0 aromatic heterocycles. The zero-order valence-corrected chi connectivity index (χ0v) is 13.6. The molecule has 1 aliphatic heterocycles. The Morgan fingerprint density at radius 3 is 2.71 bits per heavy atom. The highest BCUT2D eigenvalue weighted by atomic mass is 79.9. The van der Waals surface area contributed by atoms with Crippen LogP contribution in [-0.2, 0) is 0 Å². The van der Waals surface area contributed by atoms with Crippen molar-refractivity contribution in [1.82, 2.24) is 4.90 Å². The predicted octanol–water partition coefficient (Wildman–Crippen LogP) is 3.57. The Balaban J connectivity index is 1.99. The Morgan fingerprint density at radius 1 is 1.43 bits per heavy atom. The summed E-state index contributed by atoms with van der Waals surface area (Å²) in [5, 5.41) is 12.0. The van der Waals surface area contributed by atoms with E-state index in [9.17, 15) is 9.18 Å². The quantitative estimate of drug-likeness (QED) is 0.844. The molecule has 1 unspecified atom stereocenters. The SMILES string of the molecule is CC(CNc1ccc(C(=O)O)c(Br)c1F)N1CCCCC1. The number of likely N-dealkylation sites (tertiary alicyclic amines) is 1. The van der Waals surface area contributed by atoms with Gasteiger partial charge in [0.25, 0.3) is 0 Å². The Bertz CT molecular complexity index is 519. The summed E-state index contributed by atoms with van der Waals surface area (Å²) in [6.07, 6.45) is 3.73. The first kappa shape index (κ1) is 16.2. The first-order valence-electron chi connectivity index (χ1n) is 7.20. The molecule has 0 bridgehead atoms. The first-order chi connectivity index (χ1) is 10.0. The van der Waals surface area contributed by atoms with E-state index in [2.05, 4.69) is 33.1 Å². The molecule has 21 heavy (non-hydrogen) atoms. The molecule has 2 N–H and O–H groups in total. The number of carboxylic acid groups (broad SMARTS) is 1. The normalized spacial score (nSPS) is 17.5. The van der Waals surface area contributed by atoms with Crippen LogP contribution in [0.3, 0.4) is 0 Å². The number of aromatic carboxylic acids is 1. The Labute approximate surface area is 132 Å². The molecule has 6 heteroatoms. The molecule has 0 spiro atoms. The average Bonchev–Trinajstić information content (AvgIpc) is 2.49. The van der Waals surface area contributed by atoms with Crippen LogP contribution in [-0.4, -0.2) is 41.7 Å². The largest absolute Gasteiger partial charge is 0.478 e. The van der Waals surface area contributed by atoms with Crippen LogP contribution in [0.4, 0.5) is 10.1 Å². The minimum Gasteiger partial charge on any atom is -0.478 e. The van der Waals surface area contributed by atoms with Gasteiger partial charge in [0.05, 0.1) is 15.7 Å². The first-order valence-corrected chi connectivity index (χ1v) is 7.99. The molecule has 4 nitrogen and oxygen atoms in total. The lowest BCUT2D eigenvalue weighted by molar-refractivity contribution is 0.0695. The molecule has 1 atom stereocenters. The number of rotatable bonds is 5. The average molecular weight is 359 g/mol. The number of nitrogens with zero attached hydrogens (tertiary/aromatic N) is 1. The van der Waals surface area contributed by atoms with Gasteiger partial charge in [0, 0.05) is 12.6 Å². The summed E-state index contributed by atoms with van der Waals surface area (Å²) in [6.45, 7) is 4.94. The fourth-order valence-electron chi connectivity index (χ4n) is 2.60. The molecule has 0 aliphatic carbocycles. The van der Waals surface area contributed by atoms with E-state index in [0.29, 0.717) is 18.3 Å². The monoisotopic (exact) mass is 358 g/mol. The summed E-state index contributed by atoms with van der Waals surface area (Å²) in [5.74, 6) is -1.70. The van der Waals surface area contributed by atoms with Crippen LogP contribution in [0.5, 0.6) is 0 Å². The molecule has 1 aromatic carbocycles. The van der Waals surface area contributed by atoms with E-state index >= 15 is 0 Å². The zero-order chi connectivity index (χ0) is 15.4. The number of hydrogen-bond donors (Lipinski definition) is 2. The van der Waals surface area contributed by atoms with Crippen LogP contribution in [0.2, 0.25) is 0 Å². The fraction of sp³-hybridized carbons (Fsp3) is 0.533. The van der Waals surface area contributed by atoms with E-state index in [0.717, 1.165) is 13.1 Å². The number of anilines is 1. The number of hydrogen-bond acceptors (Lipinski definition) is 3. The number of nitrogens with one attached hydrogen (secondary N) is 1. The number of carboxylic acids is 1. The lowest BCUT2D eigenvalue weighted by Crippen LogP contribution is -2.41. The lowest BCUT2D eigenvalue weighted by atomic mass is 10.1. The number of carbonyl (C=O) groups is 1. The smallest absolute Gasteiger partial charge is 0.336 e. The summed E-state index contributed by atoms with van der Waals surface area (Å²) in [4.78, 5) is 13.3. The lowest BCUT2D eigenvalue weighted by Gasteiger charge is -2.32. The van der Waals surface area contributed by atoms with Crippen LogP contribution >= 0.6 is 15.9 Å². The van der Waals surface area contributed by atoms with Crippen molar-refractivity contribution in [2.24, 2.45) is 0 Å². The molecule has 1 aromatic rings. The highest BCUT2D eigenvalue weighted by molar-refractivity contribution is 9.10. The maximum Gasteiger partial charge on any atom is 0.336 e. The molecule has 2 rings (SSSR count). The topological polar surface area (TPSA) is 52.6 Å². The second kappa shape index (κ2) is 7.22. The summed E-state index contributed by atoms with van der Waals surface area (Å²) in [5.41, 5.74) is 0.262. The van der Waals surface area contributed by atoms with Crippen LogP contribution < -0.4 is 5.32 Å². The van der Waals surface area contributed by atoms with Gasteiger partial charge in [-0.2, -0.15) is 0 Å². The molecule has 1 fully saturated rings. The Morgan fingerprint density at radius 2 is 2.10 bits per heavy atom. The highest BCUT2D eigenvalue weighted by Crippen LogP contribution is 2.27. The van der Waals surface area contributed by atoms with Gasteiger partial charge in [-0.3, -0.25) is 4.90 Å². The molecule has 116 valence electrons. The minimum atomic E-state index is -1.14. The van der Waals surface area contributed by atoms with Crippen molar-refractivity contribution >= 4 is 27.6 Å².